The Kier molecular flexibility index (Phi) is 4.12. The fourth-order valence-corrected chi connectivity index (χ4v) is 1.71. The molecule has 0 radical (unpaired) electrons. The molecule has 0 aliphatic carbocycles. The molecule has 5 N–H and O–H groups in total. The average Bonchev–Trinajstić information content (AvgIpc) is 2.29. The van der Waals surface area contributed by atoms with E-state index < -0.39 is 46.6 Å². The second-order valence-corrected chi connectivity index (χ2v) is 4.60. The van der Waals surface area contributed by atoms with Crippen LogP contribution in [0, 0.1) is 11.3 Å². The molecule has 0 aromatic heterocycles. The number of carbonyl (C=O) groups excluding carboxylic acids is 1. The molecule has 1 heterocycles. The van der Waals surface area contributed by atoms with E-state index in [0.717, 1.165) is 6.07 Å². The van der Waals surface area contributed by atoms with Crippen LogP contribution in [0.4, 0.5) is 0 Å². The van der Waals surface area contributed by atoms with Gasteiger partial charge in [0.05, 0.1) is 0 Å². The first-order chi connectivity index (χ1) is 8.55. The van der Waals surface area contributed by atoms with Crippen molar-refractivity contribution >= 4 is 16.4 Å². The van der Waals surface area contributed by atoms with E-state index in [2.05, 4.69) is 8.92 Å². The summed E-state index contributed by atoms with van der Waals surface area (Å²) in [7, 11) is -5.31. The zero-order valence-corrected chi connectivity index (χ0v) is 9.76. The first-order valence-electron chi connectivity index (χ1n) is 4.58. The van der Waals surface area contributed by atoms with Gasteiger partial charge in [0.2, 0.25) is 0 Å². The second kappa shape index (κ2) is 4.98. The second-order valence-electron chi connectivity index (χ2n) is 3.58. The van der Waals surface area contributed by atoms with Crippen molar-refractivity contribution in [2.45, 2.75) is 30.2 Å². The molecule has 1 aliphatic rings. The highest BCUT2D eigenvalue weighted by atomic mass is 32.3. The molecule has 5 atom stereocenters. The molecule has 0 aromatic carbocycles. The van der Waals surface area contributed by atoms with Gasteiger partial charge in [-0.05, 0) is 0 Å². The number of aliphatic hydroxyl groups is 4. The quantitative estimate of drug-likeness (QED) is 0.312. The Labute approximate surface area is 106 Å². The maximum absolute atomic E-state index is 11.4. The van der Waals surface area contributed by atoms with Gasteiger partial charge in [-0.15, -0.1) is 0 Å². The number of hydrogen-bond acceptors (Lipinski definition) is 10. The molecule has 108 valence electrons. The third-order valence-electron chi connectivity index (χ3n) is 2.34. The number of nitrogens with zero attached hydrogens (tertiary/aromatic N) is 1. The Morgan fingerprint density at radius 3 is 2.21 bits per heavy atom. The van der Waals surface area contributed by atoms with Crippen molar-refractivity contribution in [1.82, 2.24) is 0 Å². The minimum atomic E-state index is -5.31. The van der Waals surface area contributed by atoms with E-state index in [-0.39, 0.29) is 0 Å². The SMILES string of the molecule is N#CC1(C(=O)OS(=O)(=O)O)OC(O)C(O)C(O)C1O. The van der Waals surface area contributed by atoms with Crippen molar-refractivity contribution in [3.8, 4) is 6.07 Å². The number of ether oxygens (including phenoxy) is 1. The Balaban J connectivity index is 3.17. The van der Waals surface area contributed by atoms with Crippen LogP contribution in [-0.2, 0) is 24.1 Å². The van der Waals surface area contributed by atoms with E-state index in [1.807, 2.05) is 0 Å². The van der Waals surface area contributed by atoms with Gasteiger partial charge in [-0.1, -0.05) is 0 Å². The molecule has 0 spiro atoms. The lowest BCUT2D eigenvalue weighted by Gasteiger charge is -2.40. The zero-order chi connectivity index (χ0) is 15.0. The monoisotopic (exact) mass is 299 g/mol. The van der Waals surface area contributed by atoms with Crippen LogP contribution in [-0.4, -0.2) is 69.6 Å². The Bertz CT molecular complexity index is 510. The van der Waals surface area contributed by atoms with E-state index in [1.54, 1.807) is 0 Å². The van der Waals surface area contributed by atoms with Gasteiger partial charge in [0.1, 0.15) is 24.4 Å². The summed E-state index contributed by atoms with van der Waals surface area (Å²) in [5, 5.41) is 45.9. The van der Waals surface area contributed by atoms with Crippen LogP contribution in [0.25, 0.3) is 0 Å². The van der Waals surface area contributed by atoms with E-state index >= 15 is 0 Å². The van der Waals surface area contributed by atoms with E-state index in [9.17, 15) is 23.4 Å². The molecule has 1 fully saturated rings. The molecule has 1 aliphatic heterocycles. The summed E-state index contributed by atoms with van der Waals surface area (Å²) in [6.45, 7) is 0. The number of hydrogen-bond donors (Lipinski definition) is 5. The van der Waals surface area contributed by atoms with Gasteiger partial charge in [-0.25, -0.2) is 4.79 Å². The topological polar surface area (TPSA) is 195 Å². The van der Waals surface area contributed by atoms with Crippen LogP contribution in [0.2, 0.25) is 0 Å². The van der Waals surface area contributed by atoms with Crippen molar-refractivity contribution in [3.05, 3.63) is 0 Å². The molecular formula is C7H9NO10S. The lowest BCUT2D eigenvalue weighted by molar-refractivity contribution is -0.299. The minimum Gasteiger partial charge on any atom is -0.387 e. The highest BCUT2D eigenvalue weighted by Crippen LogP contribution is 2.30. The van der Waals surface area contributed by atoms with Gasteiger partial charge in [0.15, 0.2) is 6.29 Å². The van der Waals surface area contributed by atoms with Crippen molar-refractivity contribution in [1.29, 1.82) is 5.26 Å². The lowest BCUT2D eigenvalue weighted by atomic mass is 9.88. The molecule has 5 unspecified atom stereocenters. The maximum Gasteiger partial charge on any atom is 0.449 e. The Morgan fingerprint density at radius 1 is 1.26 bits per heavy atom. The largest absolute Gasteiger partial charge is 0.449 e. The van der Waals surface area contributed by atoms with Crippen LogP contribution in [0.15, 0.2) is 0 Å². The van der Waals surface area contributed by atoms with Crippen LogP contribution >= 0.6 is 0 Å². The van der Waals surface area contributed by atoms with Gasteiger partial charge in [0.25, 0.3) is 5.60 Å². The lowest BCUT2D eigenvalue weighted by Crippen LogP contribution is -2.67. The van der Waals surface area contributed by atoms with Crippen molar-refractivity contribution in [2.24, 2.45) is 0 Å². The van der Waals surface area contributed by atoms with E-state index in [0.29, 0.717) is 0 Å². The molecule has 1 rings (SSSR count). The van der Waals surface area contributed by atoms with E-state index in [4.69, 9.17) is 20.0 Å². The van der Waals surface area contributed by atoms with Gasteiger partial charge in [-0.2, -0.15) is 13.7 Å². The van der Waals surface area contributed by atoms with Gasteiger partial charge >= 0.3 is 16.4 Å². The van der Waals surface area contributed by atoms with Crippen LogP contribution in [0.1, 0.15) is 0 Å². The molecular weight excluding hydrogens is 290 g/mol. The first kappa shape index (κ1) is 15.7. The zero-order valence-electron chi connectivity index (χ0n) is 8.94. The summed E-state index contributed by atoms with van der Waals surface area (Å²) in [4.78, 5) is 11.4. The van der Waals surface area contributed by atoms with Crippen molar-refractivity contribution in [3.63, 3.8) is 0 Å². The molecule has 0 amide bonds. The predicted octanol–water partition coefficient (Wildman–Crippen LogP) is -3.97. The molecule has 1 saturated heterocycles. The third-order valence-corrected chi connectivity index (χ3v) is 2.70. The summed E-state index contributed by atoms with van der Waals surface area (Å²) in [6.07, 6.45) is -8.94. The summed E-state index contributed by atoms with van der Waals surface area (Å²) >= 11 is 0. The van der Waals surface area contributed by atoms with Crippen LogP contribution in [0.5, 0.6) is 0 Å². The predicted molar refractivity (Wildman–Crippen MR) is 51.1 cm³/mol. The summed E-state index contributed by atoms with van der Waals surface area (Å²) in [5.41, 5.74) is -3.13. The third kappa shape index (κ3) is 2.82. The molecule has 0 saturated carbocycles. The Morgan fingerprint density at radius 2 is 1.79 bits per heavy atom. The smallest absolute Gasteiger partial charge is 0.387 e. The van der Waals surface area contributed by atoms with E-state index in [1.165, 1.54) is 0 Å². The fraction of sp³-hybridized carbons (Fsp3) is 0.714. The van der Waals surface area contributed by atoms with Crippen molar-refractivity contribution in [2.75, 3.05) is 0 Å². The van der Waals surface area contributed by atoms with Crippen molar-refractivity contribution < 1.29 is 47.1 Å². The molecule has 0 aromatic rings. The number of carbonyl (C=O) groups is 1. The average molecular weight is 299 g/mol. The number of rotatable bonds is 2. The van der Waals surface area contributed by atoms with Crippen LogP contribution in [0.3, 0.4) is 0 Å². The summed E-state index contributed by atoms with van der Waals surface area (Å²) in [6, 6.07) is 1.02. The minimum absolute atomic E-state index is 1.02. The molecule has 19 heavy (non-hydrogen) atoms. The fourth-order valence-electron chi connectivity index (χ4n) is 1.39. The van der Waals surface area contributed by atoms with Gasteiger partial charge in [0, 0.05) is 0 Å². The number of nitriles is 1. The normalized spacial score (nSPS) is 39.4. The maximum atomic E-state index is 11.4. The molecule has 0 bridgehead atoms. The Hall–Kier alpha value is -1.33. The van der Waals surface area contributed by atoms with Crippen LogP contribution < -0.4 is 0 Å². The number of aliphatic hydroxyl groups excluding tert-OH is 4. The highest BCUT2D eigenvalue weighted by Gasteiger charge is 2.60. The molecule has 11 nitrogen and oxygen atoms in total. The van der Waals surface area contributed by atoms with Gasteiger partial charge in [-0.3, -0.25) is 4.55 Å². The standard InChI is InChI=1S/C7H9NO10S/c8-1-7(6(13)18-19(14,15)16)4(11)2(9)3(10)5(12)17-7/h2-5,9-12H,(H,14,15,16). The van der Waals surface area contributed by atoms with Gasteiger partial charge < -0.3 is 29.3 Å². The summed E-state index contributed by atoms with van der Waals surface area (Å²) in [5.74, 6) is -2.09. The summed E-state index contributed by atoms with van der Waals surface area (Å²) < 4.78 is 36.8. The molecule has 12 heteroatoms. The highest BCUT2D eigenvalue weighted by molar-refractivity contribution is 7.81. The first-order valence-corrected chi connectivity index (χ1v) is 5.94.